The van der Waals surface area contributed by atoms with Crippen LogP contribution in [-0.4, -0.2) is 16.1 Å². The van der Waals surface area contributed by atoms with Crippen molar-refractivity contribution in [1.82, 2.24) is 4.98 Å². The molecule has 66 valence electrons. The molecule has 3 nitrogen and oxygen atoms in total. The molecule has 1 aromatic carbocycles. The number of carboxylic acids is 1. The normalized spacial score (nSPS) is 10.5. The highest BCUT2D eigenvalue weighted by Crippen LogP contribution is 2.18. The maximum absolute atomic E-state index is 10.6. The van der Waals surface area contributed by atoms with Crippen LogP contribution in [0.1, 0.15) is 10.5 Å². The number of hydrogen-bond donors (Lipinski definition) is 3. The van der Waals surface area contributed by atoms with E-state index >= 15 is 0 Å². The Morgan fingerprint density at radius 3 is 2.85 bits per heavy atom. The van der Waals surface area contributed by atoms with Gasteiger partial charge in [-0.05, 0) is 24.3 Å². The van der Waals surface area contributed by atoms with Gasteiger partial charge in [-0.2, -0.15) is 0 Å². The van der Waals surface area contributed by atoms with E-state index in [4.69, 9.17) is 5.11 Å². The van der Waals surface area contributed by atoms with E-state index in [0.29, 0.717) is 0 Å². The van der Waals surface area contributed by atoms with Crippen molar-refractivity contribution >= 4 is 29.5 Å². The van der Waals surface area contributed by atoms with Gasteiger partial charge in [0.25, 0.3) is 0 Å². The monoisotopic (exact) mass is 193 g/mol. The fraction of sp³-hybridized carbons (Fsp3) is 0. The largest absolute Gasteiger partial charge is 0.477 e. The summed E-state index contributed by atoms with van der Waals surface area (Å²) in [6.07, 6.45) is 0. The van der Waals surface area contributed by atoms with E-state index in [1.807, 2.05) is 18.2 Å². The molecule has 0 radical (unpaired) electrons. The van der Waals surface area contributed by atoms with Crippen LogP contribution < -0.4 is 0 Å². The number of nitrogens with one attached hydrogen (secondary N) is 1. The number of thiol groups is 1. The molecule has 0 aliphatic heterocycles. The summed E-state index contributed by atoms with van der Waals surface area (Å²) < 4.78 is 0. The van der Waals surface area contributed by atoms with Gasteiger partial charge in [0.2, 0.25) is 0 Å². The van der Waals surface area contributed by atoms with E-state index in [0.717, 1.165) is 15.8 Å². The van der Waals surface area contributed by atoms with Gasteiger partial charge in [0.1, 0.15) is 5.69 Å². The quantitative estimate of drug-likeness (QED) is 0.608. The first-order valence-corrected chi connectivity index (χ1v) is 4.16. The van der Waals surface area contributed by atoms with Crippen LogP contribution in [0.3, 0.4) is 0 Å². The van der Waals surface area contributed by atoms with Gasteiger partial charge >= 0.3 is 5.97 Å². The third-order valence-corrected chi connectivity index (χ3v) is 2.11. The molecule has 0 amide bonds. The molecule has 0 spiro atoms. The van der Waals surface area contributed by atoms with E-state index in [2.05, 4.69) is 17.6 Å². The van der Waals surface area contributed by atoms with Crippen molar-refractivity contribution in [2.75, 3.05) is 0 Å². The summed E-state index contributed by atoms with van der Waals surface area (Å²) >= 11 is 4.16. The Morgan fingerprint density at radius 2 is 2.15 bits per heavy atom. The lowest BCUT2D eigenvalue weighted by molar-refractivity contribution is 0.0691. The van der Waals surface area contributed by atoms with Crippen LogP contribution in [0.2, 0.25) is 0 Å². The molecule has 0 fully saturated rings. The maximum Gasteiger partial charge on any atom is 0.352 e. The second kappa shape index (κ2) is 2.81. The molecule has 0 saturated carbocycles. The summed E-state index contributed by atoms with van der Waals surface area (Å²) in [6, 6.07) is 7.04. The summed E-state index contributed by atoms with van der Waals surface area (Å²) in [6.45, 7) is 0. The van der Waals surface area contributed by atoms with E-state index in [1.165, 1.54) is 0 Å². The van der Waals surface area contributed by atoms with E-state index < -0.39 is 5.97 Å². The van der Waals surface area contributed by atoms with Crippen molar-refractivity contribution in [2.24, 2.45) is 0 Å². The molecule has 2 N–H and O–H groups in total. The third kappa shape index (κ3) is 1.40. The molecule has 2 aromatic rings. The molecule has 0 atom stereocenters. The number of aromatic carboxylic acids is 1. The lowest BCUT2D eigenvalue weighted by atomic mass is 10.2. The Bertz CT molecular complexity index is 475. The molecular formula is C9H7NO2S. The van der Waals surface area contributed by atoms with Crippen molar-refractivity contribution in [3.63, 3.8) is 0 Å². The van der Waals surface area contributed by atoms with Crippen LogP contribution in [0.25, 0.3) is 10.9 Å². The number of carbonyl (C=O) groups is 1. The zero-order valence-corrected chi connectivity index (χ0v) is 7.51. The Morgan fingerprint density at radius 1 is 1.38 bits per heavy atom. The molecule has 0 bridgehead atoms. The lowest BCUT2D eigenvalue weighted by Gasteiger charge is -1.89. The first-order valence-electron chi connectivity index (χ1n) is 3.72. The van der Waals surface area contributed by atoms with Gasteiger partial charge in [-0.1, -0.05) is 0 Å². The summed E-state index contributed by atoms with van der Waals surface area (Å²) in [7, 11) is 0. The number of benzene rings is 1. The van der Waals surface area contributed by atoms with Crippen LogP contribution in [0.5, 0.6) is 0 Å². The Hall–Kier alpha value is -1.42. The van der Waals surface area contributed by atoms with Crippen molar-refractivity contribution < 1.29 is 9.90 Å². The topological polar surface area (TPSA) is 53.1 Å². The molecule has 2 rings (SSSR count). The highest BCUT2D eigenvalue weighted by Gasteiger charge is 2.06. The van der Waals surface area contributed by atoms with Gasteiger partial charge < -0.3 is 10.1 Å². The van der Waals surface area contributed by atoms with Crippen molar-refractivity contribution in [2.45, 2.75) is 4.90 Å². The predicted molar refractivity (Wildman–Crippen MR) is 52.5 cm³/mol. The first kappa shape index (κ1) is 8.19. The molecule has 1 aromatic heterocycles. The summed E-state index contributed by atoms with van der Waals surface area (Å²) in [5.74, 6) is -0.947. The number of aromatic amines is 1. The van der Waals surface area contributed by atoms with Gasteiger partial charge in [-0.25, -0.2) is 4.79 Å². The van der Waals surface area contributed by atoms with E-state index in [-0.39, 0.29) is 5.69 Å². The van der Waals surface area contributed by atoms with Crippen LogP contribution in [0, 0.1) is 0 Å². The summed E-state index contributed by atoms with van der Waals surface area (Å²) in [5, 5.41) is 9.57. The average Bonchev–Trinajstić information content (AvgIpc) is 2.46. The third-order valence-electron chi connectivity index (χ3n) is 1.83. The fourth-order valence-corrected chi connectivity index (χ4v) is 1.45. The lowest BCUT2D eigenvalue weighted by Crippen LogP contribution is -1.94. The smallest absolute Gasteiger partial charge is 0.352 e. The minimum absolute atomic E-state index is 0.203. The second-order valence-corrected chi connectivity index (χ2v) is 3.28. The van der Waals surface area contributed by atoms with Crippen molar-refractivity contribution in [3.05, 3.63) is 30.0 Å². The average molecular weight is 193 g/mol. The van der Waals surface area contributed by atoms with Gasteiger partial charge in [-0.15, -0.1) is 12.6 Å². The van der Waals surface area contributed by atoms with E-state index in [9.17, 15) is 4.79 Å². The van der Waals surface area contributed by atoms with Crippen LogP contribution in [0.15, 0.2) is 29.2 Å². The number of rotatable bonds is 1. The summed E-state index contributed by atoms with van der Waals surface area (Å²) in [5.41, 5.74) is 1.02. The molecule has 0 aliphatic rings. The Kier molecular flexibility index (Phi) is 1.77. The first-order chi connectivity index (χ1) is 6.16. The molecule has 0 saturated heterocycles. The molecule has 13 heavy (non-hydrogen) atoms. The summed E-state index contributed by atoms with van der Waals surface area (Å²) in [4.78, 5) is 14.2. The minimum Gasteiger partial charge on any atom is -0.477 e. The zero-order valence-electron chi connectivity index (χ0n) is 6.61. The van der Waals surface area contributed by atoms with Gasteiger partial charge in [0.05, 0.1) is 0 Å². The van der Waals surface area contributed by atoms with Crippen LogP contribution >= 0.6 is 12.6 Å². The van der Waals surface area contributed by atoms with E-state index in [1.54, 1.807) is 6.07 Å². The molecule has 0 aliphatic carbocycles. The number of hydrogen-bond acceptors (Lipinski definition) is 2. The minimum atomic E-state index is -0.947. The highest BCUT2D eigenvalue weighted by atomic mass is 32.1. The van der Waals surface area contributed by atoms with Gasteiger partial charge in [0, 0.05) is 15.8 Å². The maximum atomic E-state index is 10.6. The number of aromatic nitrogens is 1. The SMILES string of the molecule is O=C(O)c1cc2cc(S)ccc2[nH]1. The van der Waals surface area contributed by atoms with Crippen molar-refractivity contribution in [1.29, 1.82) is 0 Å². The zero-order chi connectivity index (χ0) is 9.42. The van der Waals surface area contributed by atoms with Crippen LogP contribution in [-0.2, 0) is 0 Å². The Balaban J connectivity index is 2.68. The standard InChI is InChI=1S/C9H7NO2S/c11-9(12)8-4-5-3-6(13)1-2-7(5)10-8/h1-4,10,13H,(H,11,12). The number of carboxylic acid groups (broad SMARTS) is 1. The second-order valence-electron chi connectivity index (χ2n) is 2.76. The van der Waals surface area contributed by atoms with Gasteiger partial charge in [-0.3, -0.25) is 0 Å². The molecule has 4 heteroatoms. The fourth-order valence-electron chi connectivity index (χ4n) is 1.24. The number of fused-ring (bicyclic) bond motifs is 1. The number of H-pyrrole nitrogens is 1. The predicted octanol–water partition coefficient (Wildman–Crippen LogP) is 2.15. The molecular weight excluding hydrogens is 186 g/mol. The Labute approximate surface area is 79.8 Å². The van der Waals surface area contributed by atoms with Crippen LogP contribution in [0.4, 0.5) is 0 Å². The van der Waals surface area contributed by atoms with Gasteiger partial charge in [0.15, 0.2) is 0 Å². The molecule has 1 heterocycles. The van der Waals surface area contributed by atoms with Crippen molar-refractivity contribution in [3.8, 4) is 0 Å². The highest BCUT2D eigenvalue weighted by molar-refractivity contribution is 7.80. The molecule has 0 unspecified atom stereocenters.